The Labute approximate surface area is 73.5 Å². The summed E-state index contributed by atoms with van der Waals surface area (Å²) in [6.07, 6.45) is 0.968. The molecule has 1 aliphatic heterocycles. The molecular weight excluding hydrogens is 176 g/mol. The van der Waals surface area contributed by atoms with E-state index in [9.17, 15) is 4.79 Å². The maximum absolute atomic E-state index is 11.3. The van der Waals surface area contributed by atoms with Crippen molar-refractivity contribution in [2.75, 3.05) is 5.75 Å². The predicted molar refractivity (Wildman–Crippen MR) is 49.8 cm³/mol. The highest BCUT2D eigenvalue weighted by Crippen LogP contribution is 2.33. The van der Waals surface area contributed by atoms with Gasteiger partial charge in [-0.3, -0.25) is 4.79 Å². The van der Waals surface area contributed by atoms with Crippen molar-refractivity contribution in [3.05, 3.63) is 26.7 Å². The van der Waals surface area contributed by atoms with Crippen LogP contribution < -0.4 is 5.43 Å². The Morgan fingerprint density at radius 2 is 2.36 bits per heavy atom. The monoisotopic (exact) mass is 184 g/mol. The van der Waals surface area contributed by atoms with E-state index in [2.05, 4.69) is 0 Å². The second kappa shape index (κ2) is 2.64. The van der Waals surface area contributed by atoms with Gasteiger partial charge in [0.05, 0.1) is 4.21 Å². The summed E-state index contributed by atoms with van der Waals surface area (Å²) < 4.78 is 1.25. The van der Waals surface area contributed by atoms with Crippen molar-refractivity contribution in [3.63, 3.8) is 0 Å². The third kappa shape index (κ3) is 1.23. The van der Waals surface area contributed by atoms with Crippen LogP contribution in [0.4, 0.5) is 0 Å². The Balaban J connectivity index is 2.70. The minimum atomic E-state index is 0.237. The summed E-state index contributed by atoms with van der Waals surface area (Å²) in [6, 6.07) is 1.75. The molecule has 0 saturated carbocycles. The van der Waals surface area contributed by atoms with Gasteiger partial charge in [0.2, 0.25) is 0 Å². The zero-order valence-corrected chi connectivity index (χ0v) is 7.85. The van der Waals surface area contributed by atoms with E-state index in [4.69, 9.17) is 0 Å². The van der Waals surface area contributed by atoms with Gasteiger partial charge in [-0.25, -0.2) is 0 Å². The number of fused-ring (bicyclic) bond motifs is 1. The third-order valence-corrected chi connectivity index (χ3v) is 4.11. The van der Waals surface area contributed by atoms with E-state index in [0.717, 1.165) is 22.6 Å². The number of aryl methyl sites for hydroxylation is 1. The number of thioether (sulfide) groups is 1. The minimum absolute atomic E-state index is 0.237. The molecule has 0 aromatic carbocycles. The molecule has 58 valence electrons. The molecule has 1 aliphatic rings. The number of hydrogen-bond donors (Lipinski definition) is 0. The van der Waals surface area contributed by atoms with Gasteiger partial charge in [0.15, 0.2) is 5.43 Å². The van der Waals surface area contributed by atoms with Crippen molar-refractivity contribution in [3.8, 4) is 0 Å². The molecule has 0 atom stereocenters. The molecule has 0 spiro atoms. The highest BCUT2D eigenvalue weighted by atomic mass is 32.2. The molecule has 1 aromatic heterocycles. The van der Waals surface area contributed by atoms with Crippen LogP contribution in [0.15, 0.2) is 15.1 Å². The second-order valence-electron chi connectivity index (χ2n) is 2.59. The molecule has 0 fully saturated rings. The van der Waals surface area contributed by atoms with Gasteiger partial charge in [0.1, 0.15) is 0 Å². The first-order chi connectivity index (χ1) is 5.27. The highest BCUT2D eigenvalue weighted by Gasteiger charge is 2.15. The van der Waals surface area contributed by atoms with E-state index >= 15 is 0 Å². The molecular formula is C8H8OS2. The lowest BCUT2D eigenvalue weighted by molar-refractivity contribution is 1.14. The third-order valence-electron chi connectivity index (χ3n) is 1.72. The van der Waals surface area contributed by atoms with Crippen LogP contribution >= 0.6 is 23.1 Å². The molecule has 0 bridgehead atoms. The zero-order chi connectivity index (χ0) is 7.84. The van der Waals surface area contributed by atoms with E-state index in [1.165, 1.54) is 4.21 Å². The topological polar surface area (TPSA) is 17.1 Å². The van der Waals surface area contributed by atoms with Crippen LogP contribution in [-0.4, -0.2) is 5.75 Å². The average molecular weight is 184 g/mol. The Morgan fingerprint density at radius 3 is 3.18 bits per heavy atom. The Morgan fingerprint density at radius 1 is 1.55 bits per heavy atom. The molecule has 1 nitrogen and oxygen atoms in total. The van der Waals surface area contributed by atoms with E-state index in [1.807, 2.05) is 18.7 Å². The molecule has 0 unspecified atom stereocenters. The van der Waals surface area contributed by atoms with Crippen molar-refractivity contribution in [2.45, 2.75) is 17.6 Å². The van der Waals surface area contributed by atoms with Crippen LogP contribution in [0.25, 0.3) is 0 Å². The highest BCUT2D eigenvalue weighted by molar-refractivity contribution is 8.01. The molecule has 0 amide bonds. The van der Waals surface area contributed by atoms with Gasteiger partial charge in [-0.15, -0.1) is 23.1 Å². The number of hydrogen-bond acceptors (Lipinski definition) is 3. The van der Waals surface area contributed by atoms with E-state index < -0.39 is 0 Å². The molecule has 3 heteroatoms. The van der Waals surface area contributed by atoms with Crippen molar-refractivity contribution in [1.82, 2.24) is 0 Å². The van der Waals surface area contributed by atoms with Crippen LogP contribution in [-0.2, 0) is 6.42 Å². The maximum Gasteiger partial charge on any atom is 0.184 e. The molecule has 0 radical (unpaired) electrons. The first kappa shape index (κ1) is 7.37. The van der Waals surface area contributed by atoms with Crippen molar-refractivity contribution >= 4 is 23.1 Å². The predicted octanol–water partition coefficient (Wildman–Crippen LogP) is 2.06. The molecule has 1 aromatic rings. The SMILES string of the molecule is Cc1cc(=O)c2c(s1)SCC2. The average Bonchev–Trinajstić information content (AvgIpc) is 2.34. The van der Waals surface area contributed by atoms with Gasteiger partial charge in [-0.05, 0) is 19.4 Å². The van der Waals surface area contributed by atoms with Crippen molar-refractivity contribution in [2.24, 2.45) is 0 Å². The fraction of sp³-hybridized carbons (Fsp3) is 0.375. The van der Waals surface area contributed by atoms with Gasteiger partial charge in [0.25, 0.3) is 0 Å². The van der Waals surface area contributed by atoms with Gasteiger partial charge in [0, 0.05) is 16.2 Å². The molecule has 0 aliphatic carbocycles. The van der Waals surface area contributed by atoms with Crippen LogP contribution in [0.5, 0.6) is 0 Å². The van der Waals surface area contributed by atoms with E-state index in [1.54, 1.807) is 17.4 Å². The maximum atomic E-state index is 11.3. The summed E-state index contributed by atoms with van der Waals surface area (Å²) in [5, 5.41) is 0. The summed E-state index contributed by atoms with van der Waals surface area (Å²) in [5.41, 5.74) is 1.28. The summed E-state index contributed by atoms with van der Waals surface area (Å²) >= 11 is 3.56. The lowest BCUT2D eigenvalue weighted by atomic mass is 10.2. The standard InChI is InChI=1S/C8H8OS2/c1-5-4-7(9)6-2-3-10-8(6)11-5/h4H,2-3H2,1H3. The van der Waals surface area contributed by atoms with Crippen LogP contribution in [0.1, 0.15) is 10.4 Å². The van der Waals surface area contributed by atoms with Crippen molar-refractivity contribution < 1.29 is 0 Å². The van der Waals surface area contributed by atoms with Gasteiger partial charge < -0.3 is 0 Å². The fourth-order valence-corrected chi connectivity index (χ4v) is 3.73. The zero-order valence-electron chi connectivity index (χ0n) is 6.22. The normalized spacial score (nSPS) is 15.0. The molecule has 2 heterocycles. The fourth-order valence-electron chi connectivity index (χ4n) is 1.20. The van der Waals surface area contributed by atoms with E-state index in [-0.39, 0.29) is 5.43 Å². The summed E-state index contributed by atoms with van der Waals surface area (Å²) in [7, 11) is 0. The summed E-state index contributed by atoms with van der Waals surface area (Å²) in [5.74, 6) is 1.09. The quantitative estimate of drug-likeness (QED) is 0.614. The Hall–Kier alpha value is -0.280. The Bertz CT molecular complexity index is 340. The lowest BCUT2D eigenvalue weighted by Crippen LogP contribution is -2.05. The smallest absolute Gasteiger partial charge is 0.184 e. The molecule has 11 heavy (non-hydrogen) atoms. The van der Waals surface area contributed by atoms with Crippen LogP contribution in [0, 0.1) is 6.92 Å². The van der Waals surface area contributed by atoms with Gasteiger partial charge in [-0.1, -0.05) is 0 Å². The summed E-state index contributed by atoms with van der Waals surface area (Å²) in [4.78, 5) is 12.5. The lowest BCUT2D eigenvalue weighted by Gasteiger charge is -1.95. The summed E-state index contributed by atoms with van der Waals surface area (Å²) in [6.45, 7) is 1.99. The van der Waals surface area contributed by atoms with E-state index in [0.29, 0.717) is 0 Å². The molecule has 2 rings (SSSR count). The first-order valence-electron chi connectivity index (χ1n) is 3.54. The van der Waals surface area contributed by atoms with Crippen LogP contribution in [0.2, 0.25) is 0 Å². The largest absolute Gasteiger partial charge is 0.290 e. The minimum Gasteiger partial charge on any atom is -0.290 e. The second-order valence-corrected chi connectivity index (χ2v) is 5.21. The molecule has 0 saturated heterocycles. The van der Waals surface area contributed by atoms with Gasteiger partial charge >= 0.3 is 0 Å². The van der Waals surface area contributed by atoms with Crippen molar-refractivity contribution in [1.29, 1.82) is 0 Å². The Kier molecular flexibility index (Phi) is 1.77. The number of rotatable bonds is 0. The van der Waals surface area contributed by atoms with Crippen LogP contribution in [0.3, 0.4) is 0 Å². The molecule has 0 N–H and O–H groups in total. The first-order valence-corrected chi connectivity index (χ1v) is 5.34. The van der Waals surface area contributed by atoms with Gasteiger partial charge in [-0.2, -0.15) is 0 Å².